The van der Waals surface area contributed by atoms with Crippen molar-refractivity contribution in [2.24, 2.45) is 0 Å². The second-order valence-electron chi connectivity index (χ2n) is 4.10. The third kappa shape index (κ3) is 1.99. The van der Waals surface area contributed by atoms with Gasteiger partial charge >= 0.3 is 0 Å². The van der Waals surface area contributed by atoms with Crippen molar-refractivity contribution >= 4 is 32.7 Å². The monoisotopic (exact) mass is 301 g/mol. The van der Waals surface area contributed by atoms with Crippen molar-refractivity contribution in [2.45, 2.75) is 0 Å². The van der Waals surface area contributed by atoms with Gasteiger partial charge in [-0.15, -0.1) is 0 Å². The maximum absolute atomic E-state index is 4.32. The van der Waals surface area contributed by atoms with E-state index in [0.717, 1.165) is 27.1 Å². The molecule has 0 amide bonds. The topological polar surface area (TPSA) is 40.7 Å². The van der Waals surface area contributed by atoms with Crippen molar-refractivity contribution in [2.75, 3.05) is 12.4 Å². The lowest BCUT2D eigenvalue weighted by Gasteiger charge is -2.00. The number of hydrogen-bond acceptors (Lipinski definition) is 2. The maximum atomic E-state index is 4.32. The van der Waals surface area contributed by atoms with Crippen LogP contribution in [-0.2, 0) is 0 Å². The van der Waals surface area contributed by atoms with Gasteiger partial charge in [0.25, 0.3) is 0 Å². The minimum Gasteiger partial charge on any atom is -0.373 e. The number of nitrogens with one attached hydrogen (secondary N) is 2. The highest BCUT2D eigenvalue weighted by Crippen LogP contribution is 2.26. The van der Waals surface area contributed by atoms with Crippen LogP contribution >= 0.6 is 15.9 Å². The second kappa shape index (κ2) is 4.46. The van der Waals surface area contributed by atoms with Crippen molar-refractivity contribution < 1.29 is 0 Å². The molecule has 0 aliphatic carbocycles. The average molecular weight is 302 g/mol. The van der Waals surface area contributed by atoms with Gasteiger partial charge in [0.15, 0.2) is 0 Å². The van der Waals surface area contributed by atoms with Gasteiger partial charge in [0, 0.05) is 39.9 Å². The number of aromatic amines is 1. The van der Waals surface area contributed by atoms with E-state index in [4.69, 9.17) is 0 Å². The summed E-state index contributed by atoms with van der Waals surface area (Å²) >= 11 is 3.48. The predicted octanol–water partition coefficient (Wildman–Crippen LogP) is 4.03. The van der Waals surface area contributed by atoms with Gasteiger partial charge in [-0.2, -0.15) is 0 Å². The van der Waals surface area contributed by atoms with Crippen molar-refractivity contribution in [1.29, 1.82) is 0 Å². The van der Waals surface area contributed by atoms with E-state index in [0.29, 0.717) is 0 Å². The summed E-state index contributed by atoms with van der Waals surface area (Å²) in [7, 11) is 1.86. The number of anilines is 1. The van der Waals surface area contributed by atoms with E-state index in [2.05, 4.69) is 55.5 Å². The molecule has 0 saturated carbocycles. The molecule has 0 bridgehead atoms. The smallest absolute Gasteiger partial charge is 0.125 e. The van der Waals surface area contributed by atoms with E-state index < -0.39 is 0 Å². The van der Waals surface area contributed by atoms with E-state index in [-0.39, 0.29) is 0 Å². The summed E-state index contributed by atoms with van der Waals surface area (Å²) in [5, 5.41) is 4.20. The molecule has 0 aliphatic heterocycles. The lowest BCUT2D eigenvalue weighted by molar-refractivity contribution is 1.28. The van der Waals surface area contributed by atoms with Crippen LogP contribution in [0.1, 0.15) is 0 Å². The minimum atomic E-state index is 0.873. The summed E-state index contributed by atoms with van der Waals surface area (Å²) in [5.74, 6) is 0.873. The first-order valence-electron chi connectivity index (χ1n) is 5.69. The number of nitrogens with zero attached hydrogens (tertiary/aromatic N) is 1. The largest absolute Gasteiger partial charge is 0.373 e. The number of benzene rings is 1. The van der Waals surface area contributed by atoms with E-state index in [9.17, 15) is 0 Å². The van der Waals surface area contributed by atoms with Crippen LogP contribution < -0.4 is 5.32 Å². The number of hydrogen-bond donors (Lipinski definition) is 2. The number of fused-ring (bicyclic) bond motifs is 1. The van der Waals surface area contributed by atoms with E-state index in [1.54, 1.807) is 0 Å². The number of aromatic nitrogens is 2. The van der Waals surface area contributed by atoms with Gasteiger partial charge in [0.2, 0.25) is 0 Å². The SMILES string of the molecule is CNc1ccc(-c2cc3cc(Br)ccc3[nH]2)cn1. The molecule has 2 heterocycles. The molecule has 0 aliphatic rings. The van der Waals surface area contributed by atoms with Crippen molar-refractivity contribution in [3.8, 4) is 11.3 Å². The first kappa shape index (κ1) is 11.3. The summed E-state index contributed by atoms with van der Waals surface area (Å²) in [5.41, 5.74) is 3.30. The molecule has 0 spiro atoms. The molecule has 2 aromatic heterocycles. The summed E-state index contributed by atoms with van der Waals surface area (Å²) < 4.78 is 1.09. The molecule has 4 heteroatoms. The van der Waals surface area contributed by atoms with Crippen LogP contribution in [0, 0.1) is 0 Å². The molecule has 0 saturated heterocycles. The van der Waals surface area contributed by atoms with Gasteiger partial charge in [-0.3, -0.25) is 0 Å². The molecular formula is C14H12BrN3. The normalized spacial score (nSPS) is 10.8. The third-order valence-electron chi connectivity index (χ3n) is 2.91. The highest BCUT2D eigenvalue weighted by molar-refractivity contribution is 9.10. The average Bonchev–Trinajstić information content (AvgIpc) is 2.81. The number of rotatable bonds is 2. The van der Waals surface area contributed by atoms with Crippen LogP contribution in [0.4, 0.5) is 5.82 Å². The fourth-order valence-electron chi connectivity index (χ4n) is 1.96. The van der Waals surface area contributed by atoms with Gasteiger partial charge in [-0.1, -0.05) is 15.9 Å². The molecule has 2 N–H and O–H groups in total. The van der Waals surface area contributed by atoms with Crippen LogP contribution in [0.5, 0.6) is 0 Å². The quantitative estimate of drug-likeness (QED) is 0.750. The first-order chi connectivity index (χ1) is 8.76. The van der Waals surface area contributed by atoms with E-state index in [1.807, 2.05) is 25.4 Å². The molecule has 0 fully saturated rings. The minimum absolute atomic E-state index is 0.873. The van der Waals surface area contributed by atoms with Gasteiger partial charge in [0.05, 0.1) is 0 Å². The van der Waals surface area contributed by atoms with Crippen molar-refractivity contribution in [1.82, 2.24) is 9.97 Å². The van der Waals surface area contributed by atoms with Crippen molar-refractivity contribution in [3.05, 3.63) is 47.1 Å². The number of H-pyrrole nitrogens is 1. The summed E-state index contributed by atoms with van der Waals surface area (Å²) in [6, 6.07) is 12.4. The number of pyridine rings is 1. The van der Waals surface area contributed by atoms with Crippen LogP contribution in [0.3, 0.4) is 0 Å². The van der Waals surface area contributed by atoms with Crippen LogP contribution in [0.15, 0.2) is 47.1 Å². The predicted molar refractivity (Wildman–Crippen MR) is 78.8 cm³/mol. The molecule has 3 rings (SSSR count). The van der Waals surface area contributed by atoms with Crippen molar-refractivity contribution in [3.63, 3.8) is 0 Å². The Hall–Kier alpha value is -1.81. The maximum Gasteiger partial charge on any atom is 0.125 e. The molecule has 0 radical (unpaired) electrons. The molecular weight excluding hydrogens is 290 g/mol. The van der Waals surface area contributed by atoms with Gasteiger partial charge < -0.3 is 10.3 Å². The van der Waals surface area contributed by atoms with Gasteiger partial charge in [-0.25, -0.2) is 4.98 Å². The molecule has 3 nitrogen and oxygen atoms in total. The molecule has 18 heavy (non-hydrogen) atoms. The Morgan fingerprint density at radius 2 is 2.06 bits per heavy atom. The van der Waals surface area contributed by atoms with Crippen LogP contribution in [0.25, 0.3) is 22.2 Å². The zero-order chi connectivity index (χ0) is 12.5. The Morgan fingerprint density at radius 3 is 2.78 bits per heavy atom. The third-order valence-corrected chi connectivity index (χ3v) is 3.41. The molecule has 90 valence electrons. The Bertz CT molecular complexity index is 686. The Labute approximate surface area is 113 Å². The molecule has 0 unspecified atom stereocenters. The van der Waals surface area contributed by atoms with Gasteiger partial charge in [0.1, 0.15) is 5.82 Å². The zero-order valence-corrected chi connectivity index (χ0v) is 11.5. The van der Waals surface area contributed by atoms with Crippen LogP contribution in [-0.4, -0.2) is 17.0 Å². The molecule has 0 atom stereocenters. The Balaban J connectivity index is 2.07. The standard InChI is InChI=1S/C14H12BrN3/c1-16-14-5-2-9(8-17-14)13-7-10-6-11(15)3-4-12(10)18-13/h2-8,18H,1H3,(H,16,17). The second-order valence-corrected chi connectivity index (χ2v) is 5.01. The first-order valence-corrected chi connectivity index (χ1v) is 6.48. The highest BCUT2D eigenvalue weighted by atomic mass is 79.9. The fraction of sp³-hybridized carbons (Fsp3) is 0.0714. The number of halogens is 1. The Morgan fingerprint density at radius 1 is 1.17 bits per heavy atom. The van der Waals surface area contributed by atoms with E-state index in [1.165, 1.54) is 5.39 Å². The van der Waals surface area contributed by atoms with Crippen LogP contribution in [0.2, 0.25) is 0 Å². The summed E-state index contributed by atoms with van der Waals surface area (Å²) in [6.45, 7) is 0. The zero-order valence-electron chi connectivity index (χ0n) is 9.87. The summed E-state index contributed by atoms with van der Waals surface area (Å²) in [6.07, 6.45) is 1.87. The lowest BCUT2D eigenvalue weighted by Crippen LogP contribution is -1.91. The molecule has 3 aromatic rings. The van der Waals surface area contributed by atoms with Gasteiger partial charge in [-0.05, 0) is 36.4 Å². The lowest BCUT2D eigenvalue weighted by atomic mass is 10.2. The summed E-state index contributed by atoms with van der Waals surface area (Å²) in [4.78, 5) is 7.72. The molecule has 1 aromatic carbocycles. The fourth-order valence-corrected chi connectivity index (χ4v) is 2.34. The van der Waals surface area contributed by atoms with E-state index >= 15 is 0 Å². The highest BCUT2D eigenvalue weighted by Gasteiger charge is 2.04. The Kier molecular flexibility index (Phi) is 2.80.